The van der Waals surface area contributed by atoms with E-state index in [1.807, 2.05) is 6.92 Å². The van der Waals surface area contributed by atoms with Crippen molar-refractivity contribution in [1.29, 1.82) is 0 Å². The second-order valence-corrected chi connectivity index (χ2v) is 7.82. The van der Waals surface area contributed by atoms with E-state index in [0.717, 1.165) is 19.3 Å². The summed E-state index contributed by atoms with van der Waals surface area (Å²) in [5.74, 6) is 0.471. The molecule has 3 aliphatic rings. The van der Waals surface area contributed by atoms with Crippen LogP contribution in [0.4, 0.5) is 0 Å². The van der Waals surface area contributed by atoms with Gasteiger partial charge in [-0.2, -0.15) is 0 Å². The number of carboxylic acids is 1. The molecule has 0 aromatic rings. The lowest BCUT2D eigenvalue weighted by Gasteiger charge is -2.27. The predicted molar refractivity (Wildman–Crippen MR) is 86.8 cm³/mol. The highest BCUT2D eigenvalue weighted by Crippen LogP contribution is 2.44. The number of carboxylic acid groups (broad SMARTS) is 1. The van der Waals surface area contributed by atoms with Gasteiger partial charge in [-0.1, -0.05) is 6.92 Å². The zero-order valence-corrected chi connectivity index (χ0v) is 14.3. The predicted octanol–water partition coefficient (Wildman–Crippen LogP) is 1.26. The summed E-state index contributed by atoms with van der Waals surface area (Å²) in [6.45, 7) is 2.79. The van der Waals surface area contributed by atoms with Gasteiger partial charge in [0.15, 0.2) is 0 Å². The molecule has 1 unspecified atom stereocenters. The molecule has 1 N–H and O–H groups in total. The molecule has 0 radical (unpaired) electrons. The average Bonchev–Trinajstić information content (AvgIpc) is 3.08. The van der Waals surface area contributed by atoms with Crippen LogP contribution in [0.25, 0.3) is 0 Å². The van der Waals surface area contributed by atoms with E-state index >= 15 is 0 Å². The van der Waals surface area contributed by atoms with Crippen molar-refractivity contribution in [1.82, 2.24) is 9.80 Å². The summed E-state index contributed by atoms with van der Waals surface area (Å²) >= 11 is 1.60. The number of rotatable bonds is 5. The Bertz CT molecular complexity index is 508. The first-order valence-electron chi connectivity index (χ1n) is 8.41. The van der Waals surface area contributed by atoms with E-state index in [9.17, 15) is 19.5 Å². The lowest BCUT2D eigenvalue weighted by atomic mass is 9.92. The van der Waals surface area contributed by atoms with Crippen LogP contribution < -0.4 is 0 Å². The molecular weight excluding hydrogens is 316 g/mol. The molecule has 3 fully saturated rings. The van der Waals surface area contributed by atoms with Crippen molar-refractivity contribution in [3.63, 3.8) is 0 Å². The van der Waals surface area contributed by atoms with E-state index in [2.05, 4.69) is 0 Å². The molecular formula is C16H24N2O4S. The van der Waals surface area contributed by atoms with Crippen LogP contribution in [0.5, 0.6) is 0 Å². The second kappa shape index (κ2) is 6.71. The van der Waals surface area contributed by atoms with Gasteiger partial charge in [-0.15, -0.1) is 11.8 Å². The fourth-order valence-corrected chi connectivity index (χ4v) is 4.91. The third kappa shape index (κ3) is 3.34. The molecule has 0 aromatic heterocycles. The molecule has 128 valence electrons. The summed E-state index contributed by atoms with van der Waals surface area (Å²) in [6.07, 6.45) is 3.40. The molecule has 2 aliphatic heterocycles. The Kier molecular flexibility index (Phi) is 4.85. The number of carbonyl (C=O) groups is 3. The highest BCUT2D eigenvalue weighted by Gasteiger charge is 2.48. The van der Waals surface area contributed by atoms with Gasteiger partial charge in [0.25, 0.3) is 0 Å². The molecule has 3 rings (SSSR count). The van der Waals surface area contributed by atoms with E-state index < -0.39 is 17.9 Å². The third-order valence-corrected chi connectivity index (χ3v) is 6.19. The van der Waals surface area contributed by atoms with Gasteiger partial charge in [0, 0.05) is 25.3 Å². The molecule has 0 aromatic carbocycles. The Morgan fingerprint density at radius 1 is 1.22 bits per heavy atom. The first-order chi connectivity index (χ1) is 11.0. The maximum Gasteiger partial charge on any atom is 0.308 e. The van der Waals surface area contributed by atoms with E-state index in [0.29, 0.717) is 37.1 Å². The highest BCUT2D eigenvalue weighted by atomic mass is 32.2. The van der Waals surface area contributed by atoms with Gasteiger partial charge in [-0.3, -0.25) is 14.4 Å². The maximum absolute atomic E-state index is 12.8. The highest BCUT2D eigenvalue weighted by molar-refractivity contribution is 7.99. The van der Waals surface area contributed by atoms with Crippen LogP contribution in [-0.4, -0.2) is 63.5 Å². The van der Waals surface area contributed by atoms with Crippen LogP contribution in [0, 0.1) is 17.8 Å². The summed E-state index contributed by atoms with van der Waals surface area (Å²) < 4.78 is 0. The smallest absolute Gasteiger partial charge is 0.308 e. The lowest BCUT2D eigenvalue weighted by Crippen LogP contribution is -2.48. The Morgan fingerprint density at radius 3 is 2.57 bits per heavy atom. The van der Waals surface area contributed by atoms with Gasteiger partial charge in [-0.25, -0.2) is 0 Å². The van der Waals surface area contributed by atoms with Crippen molar-refractivity contribution in [2.24, 2.45) is 17.8 Å². The summed E-state index contributed by atoms with van der Waals surface area (Å²) in [5, 5.41) is 9.43. The molecule has 2 amide bonds. The number of carbonyl (C=O) groups excluding carboxylic acids is 2. The number of likely N-dealkylation sites (tertiary alicyclic amines) is 1. The Balaban J connectivity index is 1.67. The summed E-state index contributed by atoms with van der Waals surface area (Å²) in [6, 6.07) is -0.411. The molecule has 1 aliphatic carbocycles. The number of aliphatic carboxylic acids is 1. The van der Waals surface area contributed by atoms with Gasteiger partial charge >= 0.3 is 5.97 Å². The van der Waals surface area contributed by atoms with Gasteiger partial charge in [-0.05, 0) is 31.1 Å². The summed E-state index contributed by atoms with van der Waals surface area (Å²) in [5.41, 5.74) is 0. The summed E-state index contributed by atoms with van der Waals surface area (Å²) in [7, 11) is 0. The largest absolute Gasteiger partial charge is 0.481 e. The SMILES string of the molecule is CCCC(=O)N1CSCC1C(=O)N1C[C@H](C(=O)O)[C@@H](C2CC2)C1. The molecule has 0 spiro atoms. The van der Waals surface area contributed by atoms with Crippen molar-refractivity contribution in [2.45, 2.75) is 38.6 Å². The van der Waals surface area contributed by atoms with Crippen molar-refractivity contribution in [3.05, 3.63) is 0 Å². The molecule has 3 atom stereocenters. The van der Waals surface area contributed by atoms with Crippen LogP contribution in [-0.2, 0) is 14.4 Å². The normalized spacial score (nSPS) is 30.7. The average molecular weight is 340 g/mol. The molecule has 7 heteroatoms. The molecule has 23 heavy (non-hydrogen) atoms. The minimum Gasteiger partial charge on any atom is -0.481 e. The lowest BCUT2D eigenvalue weighted by molar-refractivity contribution is -0.144. The molecule has 1 saturated carbocycles. The van der Waals surface area contributed by atoms with E-state index in [-0.39, 0.29) is 17.7 Å². The Hall–Kier alpha value is -1.24. The quantitative estimate of drug-likeness (QED) is 0.815. The first kappa shape index (κ1) is 16.6. The zero-order valence-electron chi connectivity index (χ0n) is 13.4. The van der Waals surface area contributed by atoms with Crippen LogP contribution >= 0.6 is 11.8 Å². The summed E-state index contributed by atoms with van der Waals surface area (Å²) in [4.78, 5) is 39.9. The Labute approximate surface area is 140 Å². The minimum atomic E-state index is -0.795. The number of amides is 2. The number of hydrogen-bond acceptors (Lipinski definition) is 4. The number of hydrogen-bond donors (Lipinski definition) is 1. The van der Waals surface area contributed by atoms with Crippen LogP contribution in [0.1, 0.15) is 32.6 Å². The van der Waals surface area contributed by atoms with Crippen LogP contribution in [0.3, 0.4) is 0 Å². The molecule has 2 heterocycles. The standard InChI is InChI=1S/C16H24N2O4S/c1-2-3-14(19)18-9-23-8-13(18)15(20)17-6-11(10-4-5-10)12(7-17)16(21)22/h10-13H,2-9H2,1H3,(H,21,22)/t11-,12+,13?/m1/s1. The number of thioether (sulfide) groups is 1. The zero-order chi connectivity index (χ0) is 16.6. The fraction of sp³-hybridized carbons (Fsp3) is 0.812. The second-order valence-electron chi connectivity index (χ2n) is 6.82. The topological polar surface area (TPSA) is 77.9 Å². The van der Waals surface area contributed by atoms with Gasteiger partial charge in [0.2, 0.25) is 11.8 Å². The molecule has 6 nitrogen and oxygen atoms in total. The third-order valence-electron chi connectivity index (χ3n) is 5.17. The van der Waals surface area contributed by atoms with Crippen molar-refractivity contribution < 1.29 is 19.5 Å². The van der Waals surface area contributed by atoms with Crippen molar-refractivity contribution in [3.8, 4) is 0 Å². The van der Waals surface area contributed by atoms with E-state index in [4.69, 9.17) is 0 Å². The number of nitrogens with zero attached hydrogens (tertiary/aromatic N) is 2. The first-order valence-corrected chi connectivity index (χ1v) is 9.57. The van der Waals surface area contributed by atoms with Crippen molar-refractivity contribution >= 4 is 29.5 Å². The molecule has 0 bridgehead atoms. The van der Waals surface area contributed by atoms with Crippen molar-refractivity contribution in [2.75, 3.05) is 24.7 Å². The van der Waals surface area contributed by atoms with Gasteiger partial charge in [0.05, 0.1) is 11.8 Å². The maximum atomic E-state index is 12.8. The van der Waals surface area contributed by atoms with E-state index in [1.54, 1.807) is 21.6 Å². The minimum absolute atomic E-state index is 0.0311. The molecule has 2 saturated heterocycles. The van der Waals surface area contributed by atoms with Crippen LogP contribution in [0.2, 0.25) is 0 Å². The van der Waals surface area contributed by atoms with Gasteiger partial charge < -0.3 is 14.9 Å². The monoisotopic (exact) mass is 340 g/mol. The van der Waals surface area contributed by atoms with Crippen LogP contribution in [0.15, 0.2) is 0 Å². The van der Waals surface area contributed by atoms with E-state index in [1.165, 1.54) is 0 Å². The van der Waals surface area contributed by atoms with Gasteiger partial charge in [0.1, 0.15) is 6.04 Å². The Morgan fingerprint density at radius 2 is 1.96 bits per heavy atom. The fourth-order valence-electron chi connectivity index (χ4n) is 3.73.